The van der Waals surface area contributed by atoms with E-state index in [4.69, 9.17) is 9.84 Å². The van der Waals surface area contributed by atoms with Crippen molar-refractivity contribution in [2.75, 3.05) is 39.8 Å². The Morgan fingerprint density at radius 3 is 2.18 bits per heavy atom. The van der Waals surface area contributed by atoms with Gasteiger partial charge in [0.2, 0.25) is 0 Å². The summed E-state index contributed by atoms with van der Waals surface area (Å²) in [5.74, 6) is -0.387. The Hall–Kier alpha value is -1.99. The first-order chi connectivity index (χ1) is 8.04. The van der Waals surface area contributed by atoms with E-state index in [1.165, 1.54) is 16.8 Å². The van der Waals surface area contributed by atoms with Gasteiger partial charge in [-0.3, -0.25) is 4.79 Å². The average Bonchev–Trinajstić information content (AvgIpc) is 2.35. The highest BCUT2D eigenvalue weighted by Crippen LogP contribution is 2.03. The van der Waals surface area contributed by atoms with Gasteiger partial charge in [0, 0.05) is 33.2 Å². The van der Waals surface area contributed by atoms with E-state index in [1.807, 2.05) is 0 Å². The molecule has 17 heavy (non-hydrogen) atoms. The first kappa shape index (κ1) is 13.1. The minimum Gasteiger partial charge on any atom is -0.465 e. The van der Waals surface area contributed by atoms with Gasteiger partial charge in [-0.15, -0.1) is 0 Å². The summed E-state index contributed by atoms with van der Waals surface area (Å²) in [5.41, 5.74) is 0. The van der Waals surface area contributed by atoms with E-state index in [0.717, 1.165) is 0 Å². The van der Waals surface area contributed by atoms with Crippen LogP contribution in [0.5, 0.6) is 0 Å². The van der Waals surface area contributed by atoms with Crippen molar-refractivity contribution in [3.8, 4) is 0 Å². The minimum atomic E-state index is -0.997. The van der Waals surface area contributed by atoms with Gasteiger partial charge in [-0.1, -0.05) is 0 Å². The van der Waals surface area contributed by atoms with E-state index in [2.05, 4.69) is 5.32 Å². The predicted molar refractivity (Wildman–Crippen MR) is 56.6 cm³/mol. The molecule has 96 valence electrons. The van der Waals surface area contributed by atoms with Crippen molar-refractivity contribution in [1.29, 1.82) is 0 Å². The molecular weight excluding hydrogens is 230 g/mol. The zero-order valence-corrected chi connectivity index (χ0v) is 9.51. The van der Waals surface area contributed by atoms with Crippen molar-refractivity contribution in [1.82, 2.24) is 15.1 Å². The lowest BCUT2D eigenvalue weighted by atomic mass is 10.3. The number of carbonyl (C=O) groups excluding carboxylic acids is 2. The molecule has 3 amide bonds. The Bertz CT molecular complexity index is 312. The van der Waals surface area contributed by atoms with Crippen LogP contribution in [0.25, 0.3) is 0 Å². The van der Waals surface area contributed by atoms with Gasteiger partial charge in [-0.2, -0.15) is 0 Å². The van der Waals surface area contributed by atoms with Crippen LogP contribution in [0.4, 0.5) is 9.59 Å². The van der Waals surface area contributed by atoms with Gasteiger partial charge >= 0.3 is 12.2 Å². The van der Waals surface area contributed by atoms with E-state index in [0.29, 0.717) is 0 Å². The molecule has 0 aromatic carbocycles. The Balaban J connectivity index is 2.31. The molecule has 0 spiro atoms. The fraction of sp³-hybridized carbons (Fsp3) is 0.667. The smallest absolute Gasteiger partial charge is 0.410 e. The molecular formula is C9H15N3O5. The molecule has 8 heteroatoms. The highest BCUT2D eigenvalue weighted by Gasteiger charge is 2.24. The fourth-order valence-corrected chi connectivity index (χ4v) is 1.37. The molecule has 1 heterocycles. The number of rotatable bonds is 2. The lowest BCUT2D eigenvalue weighted by molar-refractivity contribution is -0.123. The number of carbonyl (C=O) groups is 3. The van der Waals surface area contributed by atoms with Gasteiger partial charge in [0.15, 0.2) is 6.61 Å². The topological polar surface area (TPSA) is 99.2 Å². The molecule has 1 fully saturated rings. The van der Waals surface area contributed by atoms with Crippen molar-refractivity contribution >= 4 is 18.1 Å². The number of hydrogen-bond donors (Lipinski definition) is 2. The Morgan fingerprint density at radius 2 is 1.71 bits per heavy atom. The van der Waals surface area contributed by atoms with Gasteiger partial charge in [0.05, 0.1) is 0 Å². The van der Waals surface area contributed by atoms with E-state index in [-0.39, 0.29) is 38.7 Å². The Morgan fingerprint density at radius 1 is 1.18 bits per heavy atom. The average molecular weight is 245 g/mol. The van der Waals surface area contributed by atoms with Crippen LogP contribution in [0, 0.1) is 0 Å². The van der Waals surface area contributed by atoms with Gasteiger partial charge in [0.25, 0.3) is 5.91 Å². The molecule has 0 aliphatic carbocycles. The third-order valence-corrected chi connectivity index (χ3v) is 2.41. The molecule has 2 N–H and O–H groups in total. The largest absolute Gasteiger partial charge is 0.465 e. The summed E-state index contributed by atoms with van der Waals surface area (Å²) in [5, 5.41) is 11.0. The lowest BCUT2D eigenvalue weighted by Gasteiger charge is -2.32. The second kappa shape index (κ2) is 5.92. The first-order valence-electron chi connectivity index (χ1n) is 5.14. The molecule has 0 unspecified atom stereocenters. The van der Waals surface area contributed by atoms with Gasteiger partial charge in [0.1, 0.15) is 0 Å². The quantitative estimate of drug-likeness (QED) is 0.661. The van der Waals surface area contributed by atoms with E-state index in [1.54, 1.807) is 0 Å². The van der Waals surface area contributed by atoms with Crippen LogP contribution in [0.3, 0.4) is 0 Å². The van der Waals surface area contributed by atoms with Gasteiger partial charge in [-0.25, -0.2) is 9.59 Å². The van der Waals surface area contributed by atoms with Gasteiger partial charge in [-0.05, 0) is 0 Å². The van der Waals surface area contributed by atoms with Crippen molar-refractivity contribution in [3.63, 3.8) is 0 Å². The number of ether oxygens (including phenoxy) is 1. The number of likely N-dealkylation sites (N-methyl/N-ethyl adjacent to an activating group) is 1. The van der Waals surface area contributed by atoms with Crippen molar-refractivity contribution in [2.45, 2.75) is 0 Å². The highest BCUT2D eigenvalue weighted by molar-refractivity contribution is 5.79. The van der Waals surface area contributed by atoms with Crippen molar-refractivity contribution < 1.29 is 24.2 Å². The lowest BCUT2D eigenvalue weighted by Crippen LogP contribution is -2.50. The summed E-state index contributed by atoms with van der Waals surface area (Å²) >= 11 is 0. The zero-order valence-electron chi connectivity index (χ0n) is 9.51. The second-order valence-electron chi connectivity index (χ2n) is 3.48. The monoisotopic (exact) mass is 245 g/mol. The number of piperazine rings is 1. The SMILES string of the molecule is CNC(=O)COC(=O)N1CCN(C(=O)O)CC1. The van der Waals surface area contributed by atoms with Crippen LogP contribution in [0.15, 0.2) is 0 Å². The molecule has 0 aromatic heterocycles. The number of hydrogen-bond acceptors (Lipinski definition) is 4. The molecule has 0 saturated carbocycles. The fourth-order valence-electron chi connectivity index (χ4n) is 1.37. The standard InChI is InChI=1S/C9H15N3O5/c1-10-7(13)6-17-9(16)12-4-2-11(3-5-12)8(14)15/h2-6H2,1H3,(H,10,13)(H,14,15). The zero-order chi connectivity index (χ0) is 12.8. The maximum Gasteiger partial charge on any atom is 0.410 e. The third kappa shape index (κ3) is 3.82. The summed E-state index contributed by atoms with van der Waals surface area (Å²) < 4.78 is 4.74. The minimum absolute atomic E-state index is 0.254. The number of nitrogens with one attached hydrogen (secondary N) is 1. The molecule has 0 atom stereocenters. The molecule has 1 aliphatic heterocycles. The molecule has 1 saturated heterocycles. The second-order valence-corrected chi connectivity index (χ2v) is 3.48. The van der Waals surface area contributed by atoms with Crippen LogP contribution < -0.4 is 5.32 Å². The van der Waals surface area contributed by atoms with Crippen LogP contribution in [0.2, 0.25) is 0 Å². The molecule has 0 bridgehead atoms. The van der Waals surface area contributed by atoms with Crippen LogP contribution in [0.1, 0.15) is 0 Å². The summed E-state index contributed by atoms with van der Waals surface area (Å²) in [6.07, 6.45) is -1.60. The van der Waals surface area contributed by atoms with Crippen LogP contribution >= 0.6 is 0 Å². The van der Waals surface area contributed by atoms with Gasteiger partial charge < -0.3 is 25.0 Å². The van der Waals surface area contributed by atoms with Crippen molar-refractivity contribution in [3.05, 3.63) is 0 Å². The van der Waals surface area contributed by atoms with Crippen LogP contribution in [-0.2, 0) is 9.53 Å². The normalized spacial score (nSPS) is 15.4. The van der Waals surface area contributed by atoms with E-state index in [9.17, 15) is 14.4 Å². The number of amides is 3. The summed E-state index contributed by atoms with van der Waals surface area (Å²) in [6, 6.07) is 0. The molecule has 0 aromatic rings. The molecule has 8 nitrogen and oxygen atoms in total. The van der Waals surface area contributed by atoms with E-state index >= 15 is 0 Å². The van der Waals surface area contributed by atoms with Crippen molar-refractivity contribution in [2.24, 2.45) is 0 Å². The summed E-state index contributed by atoms with van der Waals surface area (Å²) in [6.45, 7) is 0.737. The molecule has 0 radical (unpaired) electrons. The highest BCUT2D eigenvalue weighted by atomic mass is 16.6. The maximum atomic E-state index is 11.5. The summed E-state index contributed by atoms with van der Waals surface area (Å²) in [7, 11) is 1.45. The maximum absolute atomic E-state index is 11.5. The van der Waals surface area contributed by atoms with E-state index < -0.39 is 12.2 Å². The number of nitrogens with zero attached hydrogens (tertiary/aromatic N) is 2. The molecule has 1 rings (SSSR count). The Kier molecular flexibility index (Phi) is 4.56. The first-order valence-corrected chi connectivity index (χ1v) is 5.14. The van der Waals surface area contributed by atoms with Crippen LogP contribution in [-0.4, -0.2) is 72.8 Å². The summed E-state index contributed by atoms with van der Waals surface area (Å²) in [4.78, 5) is 35.5. The predicted octanol–water partition coefficient (Wildman–Crippen LogP) is -0.835. The Labute approximate surface area is 98.1 Å². The molecule has 1 aliphatic rings. The number of carboxylic acid groups (broad SMARTS) is 1. The third-order valence-electron chi connectivity index (χ3n) is 2.41.